The summed E-state index contributed by atoms with van der Waals surface area (Å²) in [6, 6.07) is 4.63. The van der Waals surface area contributed by atoms with Crippen molar-refractivity contribution in [3.63, 3.8) is 0 Å². The van der Waals surface area contributed by atoms with Crippen LogP contribution in [0, 0.1) is 41.8 Å². The smallest absolute Gasteiger partial charge is 0.429 e. The maximum Gasteiger partial charge on any atom is 0.432 e. The number of halogens is 8. The van der Waals surface area contributed by atoms with E-state index in [0.29, 0.717) is 12.1 Å². The van der Waals surface area contributed by atoms with Crippen LogP contribution in [0.4, 0.5) is 35.1 Å². The summed E-state index contributed by atoms with van der Waals surface area (Å²) in [6.45, 7) is 5.75. The van der Waals surface area contributed by atoms with E-state index in [1.54, 1.807) is 6.92 Å². The van der Waals surface area contributed by atoms with Gasteiger partial charge in [-0.1, -0.05) is 26.0 Å². The molecule has 1 heterocycles. The van der Waals surface area contributed by atoms with E-state index in [-0.39, 0.29) is 29.1 Å². The predicted molar refractivity (Wildman–Crippen MR) is 120 cm³/mol. The van der Waals surface area contributed by atoms with Crippen molar-refractivity contribution in [3.05, 3.63) is 101 Å². The van der Waals surface area contributed by atoms with E-state index >= 15 is 0 Å². The standard InChI is InChI=1S/C24H12F8N2O.C2H6/c1-11-9-33-23(34-10-11)12-2-3-15(16(25)4-12)13-5-17(26)21(18(27)6-13)24(31,32)35-14-7-19(28)22(30)20(29)8-14;1-2/h2-10H,1H3;1-2H3. The molecule has 0 radical (unpaired) electrons. The lowest BCUT2D eigenvalue weighted by atomic mass is 10.00. The molecule has 0 spiro atoms. The number of hydrogen-bond acceptors (Lipinski definition) is 3. The second-order valence-corrected chi connectivity index (χ2v) is 7.41. The maximum atomic E-state index is 14.7. The van der Waals surface area contributed by atoms with Crippen LogP contribution in [0.3, 0.4) is 0 Å². The van der Waals surface area contributed by atoms with Crippen molar-refractivity contribution in [2.75, 3.05) is 0 Å². The lowest BCUT2D eigenvalue weighted by Gasteiger charge is -2.20. The first-order valence-corrected chi connectivity index (χ1v) is 10.8. The van der Waals surface area contributed by atoms with Crippen molar-refractivity contribution in [2.24, 2.45) is 0 Å². The van der Waals surface area contributed by atoms with E-state index in [2.05, 4.69) is 14.7 Å². The molecule has 0 saturated heterocycles. The minimum atomic E-state index is -4.76. The Morgan fingerprint density at radius 2 is 1.19 bits per heavy atom. The van der Waals surface area contributed by atoms with Gasteiger partial charge in [-0.05, 0) is 36.2 Å². The largest absolute Gasteiger partial charge is 0.432 e. The second-order valence-electron chi connectivity index (χ2n) is 7.41. The number of rotatable bonds is 5. The molecule has 0 saturated carbocycles. The fraction of sp³-hybridized carbons (Fsp3) is 0.154. The normalized spacial score (nSPS) is 11.1. The SMILES string of the molecule is CC.Cc1cnc(-c2ccc(-c3cc(F)c(C(F)(F)Oc4cc(F)c(F)c(F)c4)c(F)c3)c(F)c2)nc1. The number of benzene rings is 3. The fourth-order valence-corrected chi connectivity index (χ4v) is 3.23. The lowest BCUT2D eigenvalue weighted by molar-refractivity contribution is -0.189. The summed E-state index contributed by atoms with van der Waals surface area (Å²) in [5.74, 6) is -11.2. The number of aryl methyl sites for hydroxylation is 1. The van der Waals surface area contributed by atoms with Gasteiger partial charge in [0.05, 0.1) is 0 Å². The van der Waals surface area contributed by atoms with E-state index < -0.39 is 57.9 Å². The quantitative estimate of drug-likeness (QED) is 0.195. The molecule has 3 nitrogen and oxygen atoms in total. The Balaban J connectivity index is 0.00000186. The van der Waals surface area contributed by atoms with Gasteiger partial charge < -0.3 is 4.74 Å². The van der Waals surface area contributed by atoms with Crippen LogP contribution in [0.1, 0.15) is 25.0 Å². The molecule has 4 aromatic rings. The van der Waals surface area contributed by atoms with Crippen LogP contribution in [0.25, 0.3) is 22.5 Å². The summed E-state index contributed by atoms with van der Waals surface area (Å²) in [7, 11) is 0. The van der Waals surface area contributed by atoms with Crippen LogP contribution < -0.4 is 4.74 Å². The van der Waals surface area contributed by atoms with Crippen LogP contribution in [0.5, 0.6) is 5.75 Å². The molecule has 1 aromatic heterocycles. The number of aromatic nitrogens is 2. The summed E-state index contributed by atoms with van der Waals surface area (Å²) >= 11 is 0. The molecule has 194 valence electrons. The van der Waals surface area contributed by atoms with Crippen LogP contribution >= 0.6 is 0 Å². The van der Waals surface area contributed by atoms with E-state index in [1.165, 1.54) is 24.5 Å². The van der Waals surface area contributed by atoms with Crippen LogP contribution in [0.2, 0.25) is 0 Å². The van der Waals surface area contributed by atoms with Gasteiger partial charge in [0.25, 0.3) is 0 Å². The number of alkyl halides is 2. The van der Waals surface area contributed by atoms with Crippen LogP contribution in [-0.4, -0.2) is 9.97 Å². The Morgan fingerprint density at radius 1 is 0.676 bits per heavy atom. The molecule has 0 aliphatic heterocycles. The van der Waals surface area contributed by atoms with Crippen molar-refractivity contribution >= 4 is 0 Å². The molecule has 0 atom stereocenters. The molecule has 37 heavy (non-hydrogen) atoms. The second kappa shape index (κ2) is 10.9. The van der Waals surface area contributed by atoms with E-state index in [1.807, 2.05) is 13.8 Å². The molecular formula is C26H18F8N2O. The summed E-state index contributed by atoms with van der Waals surface area (Å²) in [4.78, 5) is 8.09. The highest BCUT2D eigenvalue weighted by molar-refractivity contribution is 5.69. The number of hydrogen-bond donors (Lipinski definition) is 0. The summed E-state index contributed by atoms with van der Waals surface area (Å²) in [5.41, 5.74) is -1.57. The molecule has 4 rings (SSSR count). The predicted octanol–water partition coefficient (Wildman–Crippen LogP) is 8.11. The molecule has 11 heteroatoms. The third-order valence-corrected chi connectivity index (χ3v) is 4.86. The van der Waals surface area contributed by atoms with Crippen molar-refractivity contribution in [1.29, 1.82) is 0 Å². The highest BCUT2D eigenvalue weighted by Crippen LogP contribution is 2.38. The van der Waals surface area contributed by atoms with Crippen molar-refractivity contribution in [2.45, 2.75) is 26.9 Å². The van der Waals surface area contributed by atoms with E-state index in [0.717, 1.165) is 11.6 Å². The van der Waals surface area contributed by atoms with Gasteiger partial charge in [-0.3, -0.25) is 0 Å². The highest BCUT2D eigenvalue weighted by Gasteiger charge is 2.41. The number of ether oxygens (including phenoxy) is 1. The third-order valence-electron chi connectivity index (χ3n) is 4.86. The Morgan fingerprint density at radius 3 is 1.70 bits per heavy atom. The molecular weight excluding hydrogens is 508 g/mol. The summed E-state index contributed by atoms with van der Waals surface area (Å²) < 4.78 is 116. The zero-order valence-corrected chi connectivity index (χ0v) is 19.5. The fourth-order valence-electron chi connectivity index (χ4n) is 3.23. The molecule has 0 unspecified atom stereocenters. The van der Waals surface area contributed by atoms with Gasteiger partial charge in [0.1, 0.15) is 28.8 Å². The summed E-state index contributed by atoms with van der Waals surface area (Å²) in [5, 5.41) is 0. The zero-order chi connectivity index (χ0) is 27.5. The Kier molecular flexibility index (Phi) is 8.15. The summed E-state index contributed by atoms with van der Waals surface area (Å²) in [6.07, 6.45) is -1.74. The van der Waals surface area contributed by atoms with Crippen molar-refractivity contribution < 1.29 is 39.9 Å². The Bertz CT molecular complexity index is 1380. The molecule has 0 aliphatic rings. The van der Waals surface area contributed by atoms with Gasteiger partial charge in [-0.25, -0.2) is 36.3 Å². The van der Waals surface area contributed by atoms with Gasteiger partial charge in [0.2, 0.25) is 0 Å². The molecule has 0 amide bonds. The van der Waals surface area contributed by atoms with Gasteiger partial charge in [-0.15, -0.1) is 0 Å². The highest BCUT2D eigenvalue weighted by atomic mass is 19.3. The van der Waals surface area contributed by atoms with Gasteiger partial charge in [-0.2, -0.15) is 8.78 Å². The van der Waals surface area contributed by atoms with Crippen molar-refractivity contribution in [1.82, 2.24) is 9.97 Å². The van der Waals surface area contributed by atoms with Crippen LogP contribution in [-0.2, 0) is 6.11 Å². The molecule has 0 fully saturated rings. The minimum Gasteiger partial charge on any atom is -0.429 e. The first kappa shape index (κ1) is 27.6. The molecule has 0 aliphatic carbocycles. The average Bonchev–Trinajstić information content (AvgIpc) is 2.83. The van der Waals surface area contributed by atoms with Gasteiger partial charge in [0, 0.05) is 35.7 Å². The molecule has 3 aromatic carbocycles. The first-order valence-electron chi connectivity index (χ1n) is 10.8. The van der Waals surface area contributed by atoms with Gasteiger partial charge >= 0.3 is 6.11 Å². The van der Waals surface area contributed by atoms with Crippen LogP contribution in [0.15, 0.2) is 54.9 Å². The van der Waals surface area contributed by atoms with E-state index in [9.17, 15) is 35.1 Å². The first-order chi connectivity index (χ1) is 17.5. The van der Waals surface area contributed by atoms with Crippen molar-refractivity contribution in [3.8, 4) is 28.3 Å². The minimum absolute atomic E-state index is 0.0885. The topological polar surface area (TPSA) is 35.0 Å². The average molecular weight is 526 g/mol. The lowest BCUT2D eigenvalue weighted by Crippen LogP contribution is -2.25. The maximum absolute atomic E-state index is 14.7. The monoisotopic (exact) mass is 526 g/mol. The molecule has 0 bridgehead atoms. The number of nitrogens with zero attached hydrogens (tertiary/aromatic N) is 2. The van der Waals surface area contributed by atoms with E-state index in [4.69, 9.17) is 0 Å². The van der Waals surface area contributed by atoms with Gasteiger partial charge in [0.15, 0.2) is 23.3 Å². The third kappa shape index (κ3) is 5.87. The molecule has 0 N–H and O–H groups in total. The Labute approximate surface area is 206 Å². The Hall–Kier alpha value is -4.02. The zero-order valence-electron chi connectivity index (χ0n) is 19.5.